The zero-order valence-electron chi connectivity index (χ0n) is 13.9. The highest BCUT2D eigenvalue weighted by atomic mass is 16.7. The Hall–Kier alpha value is -1.52. The van der Waals surface area contributed by atoms with Crippen molar-refractivity contribution in [2.75, 3.05) is 20.0 Å². The Morgan fingerprint density at radius 3 is 2.78 bits per heavy atom. The second-order valence-electron chi connectivity index (χ2n) is 7.25. The Morgan fingerprint density at radius 2 is 2.00 bits per heavy atom. The standard InChI is InChI=1S/C19H24O4/c1-11-6-12(2)19(8-20)9-21-18(17(11)13(19)3)14-4-5-15-16(7-14)23-10-22-15/h4-7,12-13,17-18,20H,8-10H2,1-3H3/t12?,13?,17-,18?,19+/m0/s1. The van der Waals surface area contributed by atoms with Crippen LogP contribution in [0.15, 0.2) is 29.8 Å². The van der Waals surface area contributed by atoms with Crippen LogP contribution in [0, 0.1) is 23.2 Å². The largest absolute Gasteiger partial charge is 0.454 e. The van der Waals surface area contributed by atoms with E-state index in [0.29, 0.717) is 18.4 Å². The van der Waals surface area contributed by atoms with Crippen LogP contribution in [0.5, 0.6) is 11.5 Å². The molecule has 4 heteroatoms. The summed E-state index contributed by atoms with van der Waals surface area (Å²) in [5.74, 6) is 2.58. The highest BCUT2D eigenvalue weighted by Crippen LogP contribution is 2.56. The molecule has 2 bridgehead atoms. The summed E-state index contributed by atoms with van der Waals surface area (Å²) < 4.78 is 17.2. The third-order valence-electron chi connectivity index (χ3n) is 6.27. The summed E-state index contributed by atoms with van der Waals surface area (Å²) in [5.41, 5.74) is 2.31. The van der Waals surface area contributed by atoms with Crippen LogP contribution in [-0.2, 0) is 4.74 Å². The Bertz CT molecular complexity index is 653. The van der Waals surface area contributed by atoms with Gasteiger partial charge in [0.05, 0.1) is 19.3 Å². The van der Waals surface area contributed by atoms with Crippen molar-refractivity contribution in [1.29, 1.82) is 0 Å². The molecular formula is C19H24O4. The molecule has 124 valence electrons. The van der Waals surface area contributed by atoms with Gasteiger partial charge in [0.1, 0.15) is 0 Å². The Morgan fingerprint density at radius 1 is 1.22 bits per heavy atom. The minimum atomic E-state index is -0.170. The fourth-order valence-electron chi connectivity index (χ4n) is 4.68. The summed E-state index contributed by atoms with van der Waals surface area (Å²) in [6.45, 7) is 7.68. The lowest BCUT2D eigenvalue weighted by Crippen LogP contribution is -2.53. The molecule has 0 aromatic heterocycles. The van der Waals surface area contributed by atoms with Crippen molar-refractivity contribution in [3.05, 3.63) is 35.4 Å². The lowest BCUT2D eigenvalue weighted by molar-refractivity contribution is -0.165. The lowest BCUT2D eigenvalue weighted by atomic mass is 9.56. The number of ether oxygens (including phenoxy) is 3. The molecule has 2 aliphatic heterocycles. The fourth-order valence-corrected chi connectivity index (χ4v) is 4.68. The van der Waals surface area contributed by atoms with E-state index in [4.69, 9.17) is 14.2 Å². The summed E-state index contributed by atoms with van der Waals surface area (Å²) in [6.07, 6.45) is 2.33. The second-order valence-corrected chi connectivity index (χ2v) is 7.25. The number of rotatable bonds is 2. The van der Waals surface area contributed by atoms with Gasteiger partial charge in [-0.2, -0.15) is 0 Å². The average molecular weight is 316 g/mol. The zero-order chi connectivity index (χ0) is 16.2. The first-order valence-corrected chi connectivity index (χ1v) is 8.37. The first kappa shape index (κ1) is 15.0. The zero-order valence-corrected chi connectivity index (χ0v) is 13.9. The first-order valence-electron chi connectivity index (χ1n) is 8.37. The molecule has 2 heterocycles. The van der Waals surface area contributed by atoms with E-state index >= 15 is 0 Å². The Kier molecular flexibility index (Phi) is 3.43. The van der Waals surface area contributed by atoms with Gasteiger partial charge < -0.3 is 19.3 Å². The van der Waals surface area contributed by atoms with Gasteiger partial charge in [0, 0.05) is 11.3 Å². The van der Waals surface area contributed by atoms with Crippen molar-refractivity contribution in [3.8, 4) is 11.5 Å². The van der Waals surface area contributed by atoms with Crippen molar-refractivity contribution in [3.63, 3.8) is 0 Å². The van der Waals surface area contributed by atoms with Crippen LogP contribution in [0.4, 0.5) is 0 Å². The molecule has 4 rings (SSSR count). The molecule has 3 unspecified atom stereocenters. The van der Waals surface area contributed by atoms with Gasteiger partial charge in [0.25, 0.3) is 0 Å². The molecule has 1 aromatic carbocycles. The molecule has 23 heavy (non-hydrogen) atoms. The maximum absolute atomic E-state index is 10.1. The van der Waals surface area contributed by atoms with Crippen LogP contribution in [0.3, 0.4) is 0 Å². The van der Waals surface area contributed by atoms with Gasteiger partial charge in [-0.3, -0.25) is 0 Å². The highest BCUT2D eigenvalue weighted by Gasteiger charge is 2.53. The van der Waals surface area contributed by atoms with E-state index in [0.717, 1.165) is 17.1 Å². The van der Waals surface area contributed by atoms with Gasteiger partial charge in [-0.15, -0.1) is 0 Å². The third-order valence-corrected chi connectivity index (χ3v) is 6.27. The molecule has 1 N–H and O–H groups in total. The SMILES string of the molecule is CC1=CC(C)[C@@]2(CO)COC(c3ccc4c(c3)OCO4)[C@@H]1C2C. The van der Waals surface area contributed by atoms with Crippen molar-refractivity contribution in [1.82, 2.24) is 0 Å². The van der Waals surface area contributed by atoms with E-state index in [-0.39, 0.29) is 30.8 Å². The van der Waals surface area contributed by atoms with E-state index in [9.17, 15) is 5.11 Å². The molecule has 1 aliphatic carbocycles. The minimum Gasteiger partial charge on any atom is -0.454 e. The molecule has 0 radical (unpaired) electrons. The fraction of sp³-hybridized carbons (Fsp3) is 0.579. The van der Waals surface area contributed by atoms with Gasteiger partial charge in [-0.25, -0.2) is 0 Å². The number of fused-ring (bicyclic) bond motifs is 3. The number of hydrogen-bond donors (Lipinski definition) is 1. The van der Waals surface area contributed by atoms with Crippen LogP contribution in [0.25, 0.3) is 0 Å². The molecule has 0 spiro atoms. The number of aliphatic hydroxyl groups excluding tert-OH is 1. The monoisotopic (exact) mass is 316 g/mol. The molecule has 1 fully saturated rings. The summed E-state index contributed by atoms with van der Waals surface area (Å²) in [6, 6.07) is 6.07. The third kappa shape index (κ3) is 2.05. The number of benzene rings is 1. The Labute approximate surface area is 137 Å². The average Bonchev–Trinajstić information content (AvgIpc) is 3.00. The second kappa shape index (κ2) is 5.25. The molecule has 4 nitrogen and oxygen atoms in total. The van der Waals surface area contributed by atoms with Crippen LogP contribution in [0.2, 0.25) is 0 Å². The smallest absolute Gasteiger partial charge is 0.231 e. The van der Waals surface area contributed by atoms with E-state index in [2.05, 4.69) is 32.9 Å². The number of allylic oxidation sites excluding steroid dienone is 1. The van der Waals surface area contributed by atoms with Crippen molar-refractivity contribution < 1.29 is 19.3 Å². The van der Waals surface area contributed by atoms with Crippen LogP contribution in [-0.4, -0.2) is 25.1 Å². The molecule has 3 aliphatic rings. The van der Waals surface area contributed by atoms with Gasteiger partial charge in [-0.1, -0.05) is 31.6 Å². The molecule has 0 amide bonds. The van der Waals surface area contributed by atoms with Gasteiger partial charge in [0.2, 0.25) is 6.79 Å². The quantitative estimate of drug-likeness (QED) is 0.850. The van der Waals surface area contributed by atoms with Crippen molar-refractivity contribution in [2.45, 2.75) is 26.9 Å². The lowest BCUT2D eigenvalue weighted by Gasteiger charge is -2.55. The molecule has 1 aromatic rings. The van der Waals surface area contributed by atoms with Crippen molar-refractivity contribution >= 4 is 0 Å². The predicted molar refractivity (Wildman–Crippen MR) is 86.4 cm³/mol. The van der Waals surface area contributed by atoms with Gasteiger partial charge >= 0.3 is 0 Å². The van der Waals surface area contributed by atoms with E-state index < -0.39 is 0 Å². The minimum absolute atomic E-state index is 0.00271. The van der Waals surface area contributed by atoms with Crippen LogP contribution >= 0.6 is 0 Å². The summed E-state index contributed by atoms with van der Waals surface area (Å²) >= 11 is 0. The molecular weight excluding hydrogens is 292 g/mol. The van der Waals surface area contributed by atoms with Gasteiger partial charge in [-0.05, 0) is 36.5 Å². The molecule has 0 saturated carbocycles. The molecule has 5 atom stereocenters. The number of aliphatic hydroxyl groups is 1. The van der Waals surface area contributed by atoms with E-state index in [1.807, 2.05) is 12.1 Å². The first-order chi connectivity index (χ1) is 11.1. The summed E-state index contributed by atoms with van der Waals surface area (Å²) in [7, 11) is 0. The predicted octanol–water partition coefficient (Wildman–Crippen LogP) is 3.31. The Balaban J connectivity index is 1.73. The highest BCUT2D eigenvalue weighted by molar-refractivity contribution is 5.45. The van der Waals surface area contributed by atoms with Gasteiger partial charge in [0.15, 0.2) is 11.5 Å². The van der Waals surface area contributed by atoms with E-state index in [1.165, 1.54) is 5.57 Å². The maximum atomic E-state index is 10.1. The summed E-state index contributed by atoms with van der Waals surface area (Å²) in [5, 5.41) is 10.1. The van der Waals surface area contributed by atoms with Crippen molar-refractivity contribution in [2.24, 2.45) is 23.2 Å². The topological polar surface area (TPSA) is 47.9 Å². The molecule has 1 saturated heterocycles. The number of hydrogen-bond acceptors (Lipinski definition) is 4. The summed E-state index contributed by atoms with van der Waals surface area (Å²) in [4.78, 5) is 0. The van der Waals surface area contributed by atoms with Crippen LogP contribution in [0.1, 0.15) is 32.4 Å². The van der Waals surface area contributed by atoms with Crippen LogP contribution < -0.4 is 9.47 Å². The normalized spacial score (nSPS) is 38.3. The maximum Gasteiger partial charge on any atom is 0.231 e. The van der Waals surface area contributed by atoms with E-state index in [1.54, 1.807) is 0 Å².